The van der Waals surface area contributed by atoms with Gasteiger partial charge in [-0.15, -0.1) is 0 Å². The molecule has 1 heterocycles. The normalized spacial score (nSPS) is 11.2. The van der Waals surface area contributed by atoms with Crippen LogP contribution in [-0.2, 0) is 23.0 Å². The minimum atomic E-state index is -0.797. The van der Waals surface area contributed by atoms with Gasteiger partial charge in [-0.05, 0) is 24.6 Å². The number of anilines is 1. The Hall–Kier alpha value is -2.16. The predicted octanol–water partition coefficient (Wildman–Crippen LogP) is 0.788. The topological polar surface area (TPSA) is 108 Å². The molecule has 0 atom stereocenters. The summed E-state index contributed by atoms with van der Waals surface area (Å²) in [5.41, 5.74) is 2.77. The Morgan fingerprint density at radius 2 is 2.04 bits per heavy atom. The molecule has 3 N–H and O–H groups in total. The molecule has 0 aliphatic heterocycles. The molecule has 0 fully saturated rings. The Morgan fingerprint density at radius 3 is 2.73 bits per heavy atom. The van der Waals surface area contributed by atoms with Gasteiger partial charge in [0.05, 0.1) is 37.5 Å². The molecular weight excluding hydrogens is 338 g/mol. The van der Waals surface area contributed by atoms with Crippen LogP contribution < -0.4 is 4.90 Å². The van der Waals surface area contributed by atoms with Gasteiger partial charge < -0.3 is 29.5 Å². The fourth-order valence-corrected chi connectivity index (χ4v) is 2.89. The summed E-state index contributed by atoms with van der Waals surface area (Å²) in [5, 5.41) is 26.9. The van der Waals surface area contributed by atoms with Crippen molar-refractivity contribution in [1.29, 1.82) is 0 Å². The van der Waals surface area contributed by atoms with E-state index >= 15 is 0 Å². The van der Waals surface area contributed by atoms with E-state index < -0.39 is 5.97 Å². The van der Waals surface area contributed by atoms with Crippen molar-refractivity contribution in [2.75, 3.05) is 44.4 Å². The fraction of sp³-hybridized carbons (Fsp3) is 0.556. The number of aromatic nitrogens is 2. The largest absolute Gasteiger partial charge is 0.481 e. The van der Waals surface area contributed by atoms with Crippen LogP contribution in [0, 0.1) is 0 Å². The second-order valence-corrected chi connectivity index (χ2v) is 6.05. The third-order valence-corrected chi connectivity index (χ3v) is 4.22. The number of carboxylic acid groups (broad SMARTS) is 1. The Labute approximate surface area is 152 Å². The van der Waals surface area contributed by atoms with Crippen LogP contribution in [0.4, 0.5) is 5.69 Å². The van der Waals surface area contributed by atoms with Crippen molar-refractivity contribution in [3.8, 4) is 0 Å². The summed E-state index contributed by atoms with van der Waals surface area (Å²) in [5.74, 6) is 0.0625. The van der Waals surface area contributed by atoms with Crippen LogP contribution in [0.15, 0.2) is 18.2 Å². The number of nitrogens with zero attached hydrogens (tertiary/aromatic N) is 3. The molecule has 0 saturated carbocycles. The first-order chi connectivity index (χ1) is 12.6. The zero-order chi connectivity index (χ0) is 18.9. The molecule has 0 unspecified atom stereocenters. The van der Waals surface area contributed by atoms with Gasteiger partial charge in [0.2, 0.25) is 0 Å². The van der Waals surface area contributed by atoms with Crippen LogP contribution in [0.3, 0.4) is 0 Å². The number of hydrogen-bond donors (Lipinski definition) is 3. The molecule has 1 aromatic carbocycles. The van der Waals surface area contributed by atoms with Crippen molar-refractivity contribution >= 4 is 22.7 Å². The Bertz CT molecular complexity index is 716. The number of aliphatic hydroxyl groups is 2. The van der Waals surface area contributed by atoms with E-state index in [0.717, 1.165) is 22.5 Å². The standard InChI is InChI=1S/C18H27N3O5/c1-20-16-6-5-14(21(7-9-22)8-11-26-12-10-23)13-15(16)19-17(20)3-2-4-18(24)25/h5-6,13,22-23H,2-4,7-12H2,1H3,(H,24,25). The summed E-state index contributed by atoms with van der Waals surface area (Å²) >= 11 is 0. The summed E-state index contributed by atoms with van der Waals surface area (Å²) in [6, 6.07) is 5.93. The first kappa shape index (κ1) is 20.2. The van der Waals surface area contributed by atoms with E-state index in [1.54, 1.807) is 0 Å². The number of aliphatic carboxylic acids is 1. The molecule has 144 valence electrons. The van der Waals surface area contributed by atoms with Gasteiger partial charge in [0.1, 0.15) is 5.82 Å². The number of fused-ring (bicyclic) bond motifs is 1. The molecule has 2 rings (SSSR count). The van der Waals surface area contributed by atoms with Crippen molar-refractivity contribution in [2.45, 2.75) is 19.3 Å². The Kier molecular flexibility index (Phi) is 7.83. The second-order valence-electron chi connectivity index (χ2n) is 6.05. The first-order valence-electron chi connectivity index (χ1n) is 8.78. The smallest absolute Gasteiger partial charge is 0.303 e. The van der Waals surface area contributed by atoms with Crippen molar-refractivity contribution in [3.63, 3.8) is 0 Å². The molecule has 0 spiro atoms. The highest BCUT2D eigenvalue weighted by molar-refractivity contribution is 5.80. The third kappa shape index (κ3) is 5.42. The third-order valence-electron chi connectivity index (χ3n) is 4.22. The van der Waals surface area contributed by atoms with Crippen LogP contribution >= 0.6 is 0 Å². The van der Waals surface area contributed by atoms with Crippen LogP contribution in [0.1, 0.15) is 18.7 Å². The molecule has 2 aromatic rings. The lowest BCUT2D eigenvalue weighted by atomic mass is 10.2. The molecule has 0 radical (unpaired) electrons. The number of carboxylic acids is 1. The highest BCUT2D eigenvalue weighted by atomic mass is 16.5. The summed E-state index contributed by atoms with van der Waals surface area (Å²) in [4.78, 5) is 17.3. The fourth-order valence-electron chi connectivity index (χ4n) is 2.89. The lowest BCUT2D eigenvalue weighted by molar-refractivity contribution is -0.137. The van der Waals surface area contributed by atoms with Gasteiger partial charge in [-0.2, -0.15) is 0 Å². The number of carbonyl (C=O) groups is 1. The summed E-state index contributed by atoms with van der Waals surface area (Å²) in [7, 11) is 1.93. The molecule has 8 nitrogen and oxygen atoms in total. The SMILES string of the molecule is Cn1c(CCCC(=O)O)nc2cc(N(CCO)CCOCCO)ccc21. The monoisotopic (exact) mass is 365 g/mol. The molecule has 8 heteroatoms. The molecular formula is C18H27N3O5. The Balaban J connectivity index is 2.13. The number of ether oxygens (including phenoxy) is 1. The predicted molar refractivity (Wildman–Crippen MR) is 98.5 cm³/mol. The highest BCUT2D eigenvalue weighted by Gasteiger charge is 2.12. The van der Waals surface area contributed by atoms with Crippen LogP contribution in [0.25, 0.3) is 11.0 Å². The van der Waals surface area contributed by atoms with Crippen LogP contribution in [0.5, 0.6) is 0 Å². The average Bonchev–Trinajstić information content (AvgIpc) is 2.93. The molecule has 0 aliphatic carbocycles. The number of benzene rings is 1. The minimum Gasteiger partial charge on any atom is -0.481 e. The van der Waals surface area contributed by atoms with Gasteiger partial charge in [0.15, 0.2) is 0 Å². The van der Waals surface area contributed by atoms with Gasteiger partial charge in [-0.3, -0.25) is 4.79 Å². The molecule has 0 aliphatic rings. The zero-order valence-corrected chi connectivity index (χ0v) is 15.1. The van der Waals surface area contributed by atoms with Gasteiger partial charge in [-0.25, -0.2) is 4.98 Å². The quantitative estimate of drug-likeness (QED) is 0.477. The number of hydrogen-bond acceptors (Lipinski definition) is 6. The number of imidazole rings is 1. The molecule has 1 aromatic heterocycles. The van der Waals surface area contributed by atoms with Gasteiger partial charge in [-0.1, -0.05) is 0 Å². The van der Waals surface area contributed by atoms with Gasteiger partial charge in [0.25, 0.3) is 0 Å². The average molecular weight is 365 g/mol. The van der Waals surface area contributed by atoms with Gasteiger partial charge >= 0.3 is 5.97 Å². The van der Waals surface area contributed by atoms with E-state index in [-0.39, 0.29) is 19.6 Å². The highest BCUT2D eigenvalue weighted by Crippen LogP contribution is 2.23. The van der Waals surface area contributed by atoms with Crippen LogP contribution in [0.2, 0.25) is 0 Å². The lowest BCUT2D eigenvalue weighted by Gasteiger charge is -2.23. The van der Waals surface area contributed by atoms with Gasteiger partial charge in [0, 0.05) is 38.7 Å². The maximum atomic E-state index is 10.7. The maximum absolute atomic E-state index is 10.7. The molecule has 0 bridgehead atoms. The number of aliphatic hydroxyl groups excluding tert-OH is 2. The summed E-state index contributed by atoms with van der Waals surface area (Å²) in [6.45, 7) is 1.86. The van der Waals surface area contributed by atoms with E-state index in [9.17, 15) is 9.90 Å². The summed E-state index contributed by atoms with van der Waals surface area (Å²) in [6.07, 6.45) is 1.30. The molecule has 0 amide bonds. The number of aryl methyl sites for hydroxylation is 2. The minimum absolute atomic E-state index is 0.00938. The van der Waals surface area contributed by atoms with E-state index in [4.69, 9.17) is 14.9 Å². The van der Waals surface area contributed by atoms with E-state index in [1.165, 1.54) is 0 Å². The first-order valence-corrected chi connectivity index (χ1v) is 8.78. The Morgan fingerprint density at radius 1 is 1.23 bits per heavy atom. The number of rotatable bonds is 12. The van der Waals surface area contributed by atoms with E-state index in [0.29, 0.717) is 39.1 Å². The van der Waals surface area contributed by atoms with Crippen LogP contribution in [-0.4, -0.2) is 70.4 Å². The second kappa shape index (κ2) is 10.1. The van der Waals surface area contributed by atoms with Crippen molar-refractivity contribution < 1.29 is 24.9 Å². The van der Waals surface area contributed by atoms with E-state index in [1.807, 2.05) is 34.7 Å². The summed E-state index contributed by atoms with van der Waals surface area (Å²) < 4.78 is 7.30. The van der Waals surface area contributed by atoms with Crippen molar-refractivity contribution in [3.05, 3.63) is 24.0 Å². The van der Waals surface area contributed by atoms with Crippen molar-refractivity contribution in [1.82, 2.24) is 9.55 Å². The van der Waals surface area contributed by atoms with E-state index in [2.05, 4.69) is 4.98 Å². The molecule has 26 heavy (non-hydrogen) atoms. The zero-order valence-electron chi connectivity index (χ0n) is 15.1. The lowest BCUT2D eigenvalue weighted by Crippen LogP contribution is -2.30. The maximum Gasteiger partial charge on any atom is 0.303 e. The van der Waals surface area contributed by atoms with Crippen molar-refractivity contribution in [2.24, 2.45) is 7.05 Å². The molecule has 0 saturated heterocycles.